The van der Waals surface area contributed by atoms with Gasteiger partial charge in [0.2, 0.25) is 0 Å². The predicted octanol–water partition coefficient (Wildman–Crippen LogP) is 1.78. The highest BCUT2D eigenvalue weighted by Gasteiger charge is 2.20. The minimum atomic E-state index is -1.20. The lowest BCUT2D eigenvalue weighted by atomic mass is 10.3. The van der Waals surface area contributed by atoms with Crippen LogP contribution in [0.4, 0.5) is 9.18 Å². The zero-order valence-electron chi connectivity index (χ0n) is 11.7. The maximum Gasteiger partial charge on any atom is 0.413 e. The Morgan fingerprint density at radius 3 is 2.64 bits per heavy atom. The summed E-state index contributed by atoms with van der Waals surface area (Å²) in [6.45, 7) is 0.796. The molecule has 22 heavy (non-hydrogen) atoms. The highest BCUT2D eigenvalue weighted by Crippen LogP contribution is 2.25. The quantitative estimate of drug-likeness (QED) is 0.786. The van der Waals surface area contributed by atoms with Gasteiger partial charge in [0, 0.05) is 0 Å². The van der Waals surface area contributed by atoms with Crippen LogP contribution < -0.4 is 10.1 Å². The first-order chi connectivity index (χ1) is 10.3. The van der Waals surface area contributed by atoms with E-state index in [0.717, 1.165) is 13.2 Å². The Hall–Kier alpha value is -2.16. The minimum Gasteiger partial charge on any atom is -0.481 e. The van der Waals surface area contributed by atoms with Crippen molar-refractivity contribution in [2.45, 2.75) is 13.0 Å². The zero-order valence-corrected chi connectivity index (χ0v) is 13.3. The third kappa shape index (κ3) is 5.68. The van der Waals surface area contributed by atoms with Gasteiger partial charge < -0.3 is 14.2 Å². The first kappa shape index (κ1) is 17.9. The van der Waals surface area contributed by atoms with Gasteiger partial charge in [-0.1, -0.05) is 0 Å². The Labute approximate surface area is 133 Å². The number of alkyl carbamates (subject to hydrolysis) is 1. The molecule has 1 aromatic rings. The molecular weight excluding hydrogens is 365 g/mol. The van der Waals surface area contributed by atoms with Crippen molar-refractivity contribution in [3.63, 3.8) is 0 Å². The van der Waals surface area contributed by atoms with E-state index in [1.807, 2.05) is 5.32 Å². The van der Waals surface area contributed by atoms with Crippen molar-refractivity contribution in [3.8, 4) is 5.75 Å². The van der Waals surface area contributed by atoms with Crippen molar-refractivity contribution in [3.05, 3.63) is 28.5 Å². The molecule has 9 heteroatoms. The molecule has 0 aliphatic rings. The SMILES string of the molecule is COC(=O)NC(=O)[C@@H](C)OC(=O)COc1ccc(F)cc1Br. The van der Waals surface area contributed by atoms with Crippen LogP contribution in [-0.2, 0) is 19.1 Å². The van der Waals surface area contributed by atoms with Crippen LogP contribution in [0.25, 0.3) is 0 Å². The van der Waals surface area contributed by atoms with E-state index < -0.39 is 36.5 Å². The molecule has 7 nitrogen and oxygen atoms in total. The molecule has 0 spiro atoms. The molecule has 0 saturated heterocycles. The Balaban J connectivity index is 2.45. The Bertz CT molecular complexity index is 580. The lowest BCUT2D eigenvalue weighted by molar-refractivity contribution is -0.156. The fraction of sp³-hybridized carbons (Fsp3) is 0.308. The highest BCUT2D eigenvalue weighted by atomic mass is 79.9. The molecule has 0 heterocycles. The van der Waals surface area contributed by atoms with Crippen LogP contribution in [-0.4, -0.2) is 37.8 Å². The Morgan fingerprint density at radius 2 is 2.05 bits per heavy atom. The summed E-state index contributed by atoms with van der Waals surface area (Å²) in [5.41, 5.74) is 0. The van der Waals surface area contributed by atoms with Gasteiger partial charge in [-0.2, -0.15) is 0 Å². The van der Waals surface area contributed by atoms with E-state index in [1.54, 1.807) is 0 Å². The van der Waals surface area contributed by atoms with Crippen LogP contribution in [0.15, 0.2) is 22.7 Å². The molecule has 120 valence electrons. The number of amides is 2. The van der Waals surface area contributed by atoms with E-state index in [9.17, 15) is 18.8 Å². The molecule has 2 amide bonds. The summed E-state index contributed by atoms with van der Waals surface area (Å²) in [7, 11) is 1.09. The summed E-state index contributed by atoms with van der Waals surface area (Å²) in [6, 6.07) is 3.67. The van der Waals surface area contributed by atoms with E-state index in [2.05, 4.69) is 20.7 Å². The van der Waals surface area contributed by atoms with Gasteiger partial charge in [-0.3, -0.25) is 10.1 Å². The molecule has 1 atom stereocenters. The number of halogens is 2. The summed E-state index contributed by atoms with van der Waals surface area (Å²) in [5.74, 6) is -1.88. The van der Waals surface area contributed by atoms with Crippen molar-refractivity contribution in [1.82, 2.24) is 5.32 Å². The second-order valence-corrected chi connectivity index (χ2v) is 4.83. The lowest BCUT2D eigenvalue weighted by Gasteiger charge is -2.13. The molecule has 0 bridgehead atoms. The van der Waals surface area contributed by atoms with Gasteiger partial charge in [-0.05, 0) is 41.1 Å². The zero-order chi connectivity index (χ0) is 16.7. The number of nitrogens with one attached hydrogen (secondary N) is 1. The summed E-state index contributed by atoms with van der Waals surface area (Å²) in [4.78, 5) is 33.8. The average Bonchev–Trinajstić information content (AvgIpc) is 2.45. The smallest absolute Gasteiger partial charge is 0.413 e. The summed E-state index contributed by atoms with van der Waals surface area (Å²) in [5, 5.41) is 1.86. The van der Waals surface area contributed by atoms with Gasteiger partial charge in [0.25, 0.3) is 5.91 Å². The van der Waals surface area contributed by atoms with Crippen molar-refractivity contribution in [2.24, 2.45) is 0 Å². The lowest BCUT2D eigenvalue weighted by Crippen LogP contribution is -2.40. The van der Waals surface area contributed by atoms with E-state index >= 15 is 0 Å². The largest absolute Gasteiger partial charge is 0.481 e. The number of imide groups is 1. The molecule has 0 aliphatic heterocycles. The number of esters is 1. The van der Waals surface area contributed by atoms with Crippen LogP contribution in [0.2, 0.25) is 0 Å². The van der Waals surface area contributed by atoms with Crippen molar-refractivity contribution < 1.29 is 33.0 Å². The van der Waals surface area contributed by atoms with Gasteiger partial charge in [0.1, 0.15) is 11.6 Å². The Kier molecular flexibility index (Phi) is 6.77. The van der Waals surface area contributed by atoms with Gasteiger partial charge in [0.05, 0.1) is 11.6 Å². The van der Waals surface area contributed by atoms with E-state index in [0.29, 0.717) is 4.47 Å². The number of carbonyl (C=O) groups excluding carboxylic acids is 3. The van der Waals surface area contributed by atoms with Gasteiger partial charge >= 0.3 is 12.1 Å². The van der Waals surface area contributed by atoms with Crippen molar-refractivity contribution in [1.29, 1.82) is 0 Å². The van der Waals surface area contributed by atoms with Crippen LogP contribution in [0.5, 0.6) is 5.75 Å². The molecule has 0 saturated carbocycles. The van der Waals surface area contributed by atoms with E-state index in [4.69, 9.17) is 9.47 Å². The number of benzene rings is 1. The molecule has 0 unspecified atom stereocenters. The number of methoxy groups -OCH3 is 1. The average molecular weight is 378 g/mol. The second kappa shape index (κ2) is 8.32. The van der Waals surface area contributed by atoms with Crippen molar-refractivity contribution >= 4 is 33.9 Å². The van der Waals surface area contributed by atoms with Crippen LogP contribution in [0.1, 0.15) is 6.92 Å². The molecule has 0 aromatic heterocycles. The predicted molar refractivity (Wildman–Crippen MR) is 75.7 cm³/mol. The molecule has 1 aromatic carbocycles. The third-order valence-electron chi connectivity index (χ3n) is 2.33. The van der Waals surface area contributed by atoms with Gasteiger partial charge in [-0.15, -0.1) is 0 Å². The van der Waals surface area contributed by atoms with Gasteiger partial charge in [0.15, 0.2) is 12.7 Å². The van der Waals surface area contributed by atoms with Crippen molar-refractivity contribution in [2.75, 3.05) is 13.7 Å². The second-order valence-electron chi connectivity index (χ2n) is 3.98. The summed E-state index contributed by atoms with van der Waals surface area (Å²) < 4.78 is 27.3. The number of hydrogen-bond acceptors (Lipinski definition) is 6. The standard InChI is InChI=1S/C13H13BrFNO6/c1-7(12(18)16-13(19)20-2)22-11(17)6-21-10-4-3-8(15)5-9(10)14/h3-5,7H,6H2,1-2H3,(H,16,18,19)/t7-/m1/s1. The molecule has 0 fully saturated rings. The maximum atomic E-state index is 12.9. The maximum absolute atomic E-state index is 12.9. The number of carbonyl (C=O) groups is 3. The van der Waals surface area contributed by atoms with Crippen LogP contribution >= 0.6 is 15.9 Å². The van der Waals surface area contributed by atoms with Crippen LogP contribution in [0.3, 0.4) is 0 Å². The monoisotopic (exact) mass is 377 g/mol. The number of hydrogen-bond donors (Lipinski definition) is 1. The summed E-state index contributed by atoms with van der Waals surface area (Å²) in [6.07, 6.45) is -2.16. The Morgan fingerprint density at radius 1 is 1.36 bits per heavy atom. The molecule has 1 rings (SSSR count). The fourth-order valence-electron chi connectivity index (χ4n) is 1.27. The summed E-state index contributed by atoms with van der Waals surface area (Å²) >= 11 is 3.07. The fourth-order valence-corrected chi connectivity index (χ4v) is 1.73. The number of ether oxygens (including phenoxy) is 3. The minimum absolute atomic E-state index is 0.241. The first-order valence-corrected chi connectivity index (χ1v) is 6.79. The molecule has 0 aliphatic carbocycles. The third-order valence-corrected chi connectivity index (χ3v) is 2.95. The van der Waals surface area contributed by atoms with E-state index in [-0.39, 0.29) is 5.75 Å². The van der Waals surface area contributed by atoms with E-state index in [1.165, 1.54) is 19.1 Å². The topological polar surface area (TPSA) is 90.9 Å². The first-order valence-electron chi connectivity index (χ1n) is 5.99. The molecule has 1 N–H and O–H groups in total. The molecular formula is C13H13BrFNO6. The van der Waals surface area contributed by atoms with Crippen LogP contribution in [0, 0.1) is 5.82 Å². The number of rotatable bonds is 5. The molecule has 0 radical (unpaired) electrons. The highest BCUT2D eigenvalue weighted by molar-refractivity contribution is 9.10. The van der Waals surface area contributed by atoms with Gasteiger partial charge in [-0.25, -0.2) is 14.0 Å². The normalized spacial score (nSPS) is 11.3.